The number of halogens is 1. The molecule has 0 saturated carbocycles. The molecule has 2 aromatic heterocycles. The van der Waals surface area contributed by atoms with Crippen LogP contribution in [0, 0.1) is 6.92 Å². The molecule has 0 aliphatic carbocycles. The Balaban J connectivity index is 1.52. The van der Waals surface area contributed by atoms with Crippen molar-refractivity contribution >= 4 is 27.9 Å². The highest BCUT2D eigenvalue weighted by Gasteiger charge is 2.42. The number of hydrogen-bond donors (Lipinski definition) is 1. The third-order valence-corrected chi connectivity index (χ3v) is 6.80. The molecule has 2 fully saturated rings. The van der Waals surface area contributed by atoms with Gasteiger partial charge >= 0.3 is 0 Å². The van der Waals surface area contributed by atoms with Crippen molar-refractivity contribution in [3.8, 4) is 5.88 Å². The van der Waals surface area contributed by atoms with E-state index in [9.17, 15) is 5.11 Å². The molecule has 5 rings (SSSR count). The minimum atomic E-state index is -0.439. The lowest BCUT2D eigenvalue weighted by Gasteiger charge is -2.41. The van der Waals surface area contributed by atoms with Crippen molar-refractivity contribution < 1.29 is 14.6 Å². The fourth-order valence-electron chi connectivity index (χ4n) is 4.11. The maximum Gasteiger partial charge on any atom is 0.230 e. The molecule has 0 unspecified atom stereocenters. The number of hydrogen-bond acceptors (Lipinski definition) is 7. The number of piperidine rings is 1. The fourth-order valence-corrected chi connectivity index (χ4v) is 5.40. The SMILES string of the molecule is Cc1nc2sc([C@H](c3ccc(Cl)cc3)N3CCC4(CC3)OCCO4)c(O)n2n1. The number of fused-ring (bicyclic) bond motifs is 1. The van der Waals surface area contributed by atoms with Gasteiger partial charge in [0, 0.05) is 31.0 Å². The van der Waals surface area contributed by atoms with Gasteiger partial charge in [0.2, 0.25) is 10.8 Å². The second-order valence-corrected chi connectivity index (χ2v) is 8.69. The van der Waals surface area contributed by atoms with E-state index in [0.29, 0.717) is 29.0 Å². The van der Waals surface area contributed by atoms with Gasteiger partial charge in [-0.1, -0.05) is 35.1 Å². The van der Waals surface area contributed by atoms with Crippen LogP contribution in [0.5, 0.6) is 5.88 Å². The summed E-state index contributed by atoms with van der Waals surface area (Å²) in [6.07, 6.45) is 1.61. The van der Waals surface area contributed by atoms with Gasteiger partial charge in [0.25, 0.3) is 0 Å². The van der Waals surface area contributed by atoms with Gasteiger partial charge in [0.1, 0.15) is 5.82 Å². The predicted octanol–water partition coefficient (Wildman–Crippen LogP) is 3.39. The van der Waals surface area contributed by atoms with Crippen LogP contribution < -0.4 is 0 Å². The van der Waals surface area contributed by atoms with Gasteiger partial charge in [-0.25, -0.2) is 4.98 Å². The summed E-state index contributed by atoms with van der Waals surface area (Å²) in [6.45, 7) is 4.75. The summed E-state index contributed by atoms with van der Waals surface area (Å²) in [4.78, 5) is 8.31. The Kier molecular flexibility index (Phi) is 4.56. The number of benzene rings is 1. The first-order valence-electron chi connectivity index (χ1n) is 9.37. The van der Waals surface area contributed by atoms with Crippen LogP contribution in [0.15, 0.2) is 24.3 Å². The van der Waals surface area contributed by atoms with Gasteiger partial charge in [-0.3, -0.25) is 4.90 Å². The number of thiazole rings is 1. The molecule has 1 N–H and O–H groups in total. The van der Waals surface area contributed by atoms with Gasteiger partial charge in [-0.05, 0) is 24.6 Å². The monoisotopic (exact) mass is 420 g/mol. The first-order valence-corrected chi connectivity index (χ1v) is 10.6. The number of nitrogens with zero attached hydrogens (tertiary/aromatic N) is 4. The Morgan fingerprint density at radius 2 is 1.86 bits per heavy atom. The van der Waals surface area contributed by atoms with Crippen LogP contribution in [0.1, 0.15) is 35.1 Å². The summed E-state index contributed by atoms with van der Waals surface area (Å²) < 4.78 is 13.3. The standard InChI is InChI=1S/C19H21ClN4O3S/c1-12-21-18-24(22-12)17(25)16(28-18)15(13-2-4-14(20)5-3-13)23-8-6-19(7-9-23)26-10-11-27-19/h2-5,15,25H,6-11H2,1H3/t15-/m0/s1. The van der Waals surface area contributed by atoms with Crippen molar-refractivity contribution in [2.75, 3.05) is 26.3 Å². The van der Waals surface area contributed by atoms with E-state index in [1.807, 2.05) is 31.2 Å². The number of likely N-dealkylation sites (tertiary alicyclic amines) is 1. The number of ether oxygens (including phenoxy) is 2. The molecule has 1 spiro atoms. The summed E-state index contributed by atoms with van der Waals surface area (Å²) in [5.41, 5.74) is 1.07. The van der Waals surface area contributed by atoms with E-state index in [1.165, 1.54) is 15.9 Å². The summed E-state index contributed by atoms with van der Waals surface area (Å²) in [6, 6.07) is 7.69. The number of rotatable bonds is 3. The molecule has 9 heteroatoms. The van der Waals surface area contributed by atoms with Gasteiger partial charge in [0.15, 0.2) is 5.79 Å². The van der Waals surface area contributed by atoms with Crippen LogP contribution in [0.4, 0.5) is 0 Å². The van der Waals surface area contributed by atoms with Crippen LogP contribution in [-0.2, 0) is 9.47 Å². The lowest BCUT2D eigenvalue weighted by molar-refractivity contribution is -0.187. The van der Waals surface area contributed by atoms with Gasteiger partial charge in [0.05, 0.1) is 24.1 Å². The molecule has 1 aromatic carbocycles. The van der Waals surface area contributed by atoms with Gasteiger partial charge in [-0.2, -0.15) is 4.52 Å². The molecule has 0 amide bonds. The second kappa shape index (κ2) is 6.96. The highest BCUT2D eigenvalue weighted by Crippen LogP contribution is 2.43. The van der Waals surface area contributed by atoms with Gasteiger partial charge < -0.3 is 14.6 Å². The van der Waals surface area contributed by atoms with Gasteiger partial charge in [-0.15, -0.1) is 5.10 Å². The molecule has 2 aliphatic heterocycles. The zero-order valence-corrected chi connectivity index (χ0v) is 17.0. The highest BCUT2D eigenvalue weighted by atomic mass is 35.5. The van der Waals surface area contributed by atoms with Crippen molar-refractivity contribution in [2.24, 2.45) is 0 Å². The average molecular weight is 421 g/mol. The lowest BCUT2D eigenvalue weighted by Crippen LogP contribution is -2.46. The Bertz CT molecular complexity index is 987. The summed E-state index contributed by atoms with van der Waals surface area (Å²) in [5.74, 6) is 0.354. The highest BCUT2D eigenvalue weighted by molar-refractivity contribution is 7.17. The summed E-state index contributed by atoms with van der Waals surface area (Å²) in [7, 11) is 0. The van der Waals surface area contributed by atoms with E-state index in [-0.39, 0.29) is 11.9 Å². The molecule has 148 valence electrons. The van der Waals surface area contributed by atoms with Crippen LogP contribution >= 0.6 is 22.9 Å². The van der Waals surface area contributed by atoms with Crippen LogP contribution in [0.2, 0.25) is 5.02 Å². The van der Waals surface area contributed by atoms with Crippen LogP contribution in [-0.4, -0.2) is 56.7 Å². The van der Waals surface area contributed by atoms with E-state index in [4.69, 9.17) is 21.1 Å². The summed E-state index contributed by atoms with van der Waals surface area (Å²) in [5, 5.41) is 15.9. The largest absolute Gasteiger partial charge is 0.492 e. The van der Waals surface area contributed by atoms with E-state index in [0.717, 1.165) is 36.4 Å². The number of aromatic hydroxyl groups is 1. The first-order chi connectivity index (χ1) is 13.5. The average Bonchev–Trinajstić information content (AvgIpc) is 3.37. The zero-order chi connectivity index (χ0) is 19.3. The van der Waals surface area contributed by atoms with Crippen molar-refractivity contribution in [3.63, 3.8) is 0 Å². The molecule has 2 saturated heterocycles. The molecule has 28 heavy (non-hydrogen) atoms. The fraction of sp³-hybridized carbons (Fsp3) is 0.474. The third-order valence-electron chi connectivity index (χ3n) is 5.48. The number of aromatic nitrogens is 3. The quantitative estimate of drug-likeness (QED) is 0.700. The lowest BCUT2D eigenvalue weighted by atomic mass is 9.97. The molecule has 1 atom stereocenters. The Morgan fingerprint density at radius 3 is 2.50 bits per heavy atom. The van der Waals surface area contributed by atoms with E-state index in [1.54, 1.807) is 0 Å². The Labute approximate surface area is 171 Å². The maximum absolute atomic E-state index is 10.9. The predicted molar refractivity (Wildman–Crippen MR) is 106 cm³/mol. The smallest absolute Gasteiger partial charge is 0.230 e. The van der Waals surface area contributed by atoms with Crippen molar-refractivity contribution in [1.82, 2.24) is 19.5 Å². The van der Waals surface area contributed by atoms with E-state index < -0.39 is 5.79 Å². The van der Waals surface area contributed by atoms with E-state index in [2.05, 4.69) is 15.0 Å². The normalized spacial score (nSPS) is 20.9. The zero-order valence-electron chi connectivity index (χ0n) is 15.5. The summed E-state index contributed by atoms with van der Waals surface area (Å²) >= 11 is 7.58. The molecule has 0 radical (unpaired) electrons. The molecule has 3 aromatic rings. The van der Waals surface area contributed by atoms with Crippen molar-refractivity contribution in [2.45, 2.75) is 31.6 Å². The Hall–Kier alpha value is -1.71. The third kappa shape index (κ3) is 3.09. The minimum Gasteiger partial charge on any atom is -0.492 e. The topological polar surface area (TPSA) is 72.1 Å². The maximum atomic E-state index is 10.9. The Morgan fingerprint density at radius 1 is 1.18 bits per heavy atom. The minimum absolute atomic E-state index is 0.107. The molecule has 4 heterocycles. The van der Waals surface area contributed by atoms with Crippen molar-refractivity contribution in [1.29, 1.82) is 0 Å². The molecule has 0 bridgehead atoms. The van der Waals surface area contributed by atoms with Crippen LogP contribution in [0.25, 0.3) is 4.96 Å². The molecule has 2 aliphatic rings. The first kappa shape index (κ1) is 18.3. The van der Waals surface area contributed by atoms with E-state index >= 15 is 0 Å². The molecule has 7 nitrogen and oxygen atoms in total. The van der Waals surface area contributed by atoms with Crippen molar-refractivity contribution in [3.05, 3.63) is 45.6 Å². The second-order valence-electron chi connectivity index (χ2n) is 7.24. The number of aryl methyl sites for hydroxylation is 1. The molecular weight excluding hydrogens is 400 g/mol. The van der Waals surface area contributed by atoms with Crippen LogP contribution in [0.3, 0.4) is 0 Å². The molecular formula is C19H21ClN4O3S.